The molecule has 0 radical (unpaired) electrons. The van der Waals surface area contributed by atoms with Crippen molar-refractivity contribution in [2.45, 2.75) is 108 Å². The summed E-state index contributed by atoms with van der Waals surface area (Å²) in [5, 5.41) is 21.0. The lowest BCUT2D eigenvalue weighted by Gasteiger charge is -2.46. The molecule has 0 aromatic heterocycles. The number of rotatable bonds is 4. The Hall–Kier alpha value is -1.14. The molecule has 2 rings (SSSR count). The Labute approximate surface area is 209 Å². The number of hydrogen-bond acceptors (Lipinski definition) is 10. The van der Waals surface area contributed by atoms with E-state index in [-0.39, 0.29) is 18.9 Å². The molecule has 5 atom stereocenters. The molecule has 2 heterocycles. The van der Waals surface area contributed by atoms with E-state index in [4.69, 9.17) is 27.2 Å². The van der Waals surface area contributed by atoms with Crippen LogP contribution in [-0.2, 0) is 29.1 Å². The summed E-state index contributed by atoms with van der Waals surface area (Å²) in [7, 11) is -8.64. The standard InChI is InChI=1S/C19H36NO7Si.CHF3O3S/c1-18(2,3)27-17(24)20(28(6,7)8)12(9-10-14(20)22)15(23)16-13(11-21)25-19(4,5)26-16;2-1(3,4)8(5,6)7/h12-13,15-16,21,23H,9-11H2,1-8H3;(H,5,6,7)/q+1;/p-1/t12-,13+,15+,16-,20?;/m1./s1. The van der Waals surface area contributed by atoms with Gasteiger partial charge < -0.3 is 29.0 Å². The summed E-state index contributed by atoms with van der Waals surface area (Å²) in [5.74, 6) is -1.20. The smallest absolute Gasteiger partial charge is 0.506 e. The first-order chi connectivity index (χ1) is 15.8. The molecule has 0 saturated carbocycles. The van der Waals surface area contributed by atoms with Gasteiger partial charge in [-0.25, -0.2) is 17.4 Å². The summed E-state index contributed by atoms with van der Waals surface area (Å²) in [6.45, 7) is 14.2. The van der Waals surface area contributed by atoms with Crippen LogP contribution in [0.4, 0.5) is 18.0 Å². The number of quaternary nitrogens is 1. The number of halogens is 3. The predicted molar refractivity (Wildman–Crippen MR) is 121 cm³/mol. The maximum Gasteiger partial charge on any atom is 0.506 e. The SMILES string of the molecule is CC(C)(C)OC(=O)[N+]1([Si](C)(C)C)C(=O)CC[C@@H]1[C@H](O)[C@@H]1OC(C)(C)O[C@H]1CO.O=S(=O)([O-])C(F)(F)F. The van der Waals surface area contributed by atoms with E-state index in [9.17, 15) is 33.0 Å². The summed E-state index contributed by atoms with van der Waals surface area (Å²) in [4.78, 5) is 26.5. The summed E-state index contributed by atoms with van der Waals surface area (Å²) >= 11 is 0. The van der Waals surface area contributed by atoms with E-state index >= 15 is 0 Å². The zero-order valence-electron chi connectivity index (χ0n) is 21.6. The lowest BCUT2D eigenvalue weighted by Crippen LogP contribution is -2.75. The van der Waals surface area contributed by atoms with Crippen molar-refractivity contribution in [3.63, 3.8) is 0 Å². The lowest BCUT2D eigenvalue weighted by molar-refractivity contribution is -0.709. The van der Waals surface area contributed by atoms with E-state index < -0.39 is 69.8 Å². The number of amides is 2. The van der Waals surface area contributed by atoms with Gasteiger partial charge in [0.25, 0.3) is 8.24 Å². The molecule has 0 spiro atoms. The van der Waals surface area contributed by atoms with Crippen molar-refractivity contribution >= 4 is 30.4 Å². The fourth-order valence-corrected chi connectivity index (χ4v) is 7.19. The Kier molecular flexibility index (Phi) is 9.64. The average Bonchev–Trinajstić information content (AvgIpc) is 3.14. The fraction of sp³-hybridized carbons (Fsp3) is 0.900. The summed E-state index contributed by atoms with van der Waals surface area (Å²) in [6, 6.07) is -0.703. The molecule has 2 N–H and O–H groups in total. The minimum atomic E-state index is -6.09. The number of carbonyl (C=O) groups is 2. The van der Waals surface area contributed by atoms with Gasteiger partial charge in [-0.3, -0.25) is 0 Å². The number of hydrogen-bond donors (Lipinski definition) is 2. The third kappa shape index (κ3) is 7.03. The van der Waals surface area contributed by atoms with Crippen LogP contribution >= 0.6 is 0 Å². The van der Waals surface area contributed by atoms with Crippen LogP contribution in [-0.4, -0.2) is 95.4 Å². The molecule has 0 aliphatic carbocycles. The normalized spacial score (nSPS) is 29.9. The largest absolute Gasteiger partial charge is 0.741 e. The zero-order chi connectivity index (χ0) is 28.7. The molecule has 1 unspecified atom stereocenters. The van der Waals surface area contributed by atoms with Crippen LogP contribution in [0, 0.1) is 0 Å². The molecule has 2 amide bonds. The maximum atomic E-state index is 13.4. The number of ether oxygens (including phenoxy) is 3. The van der Waals surface area contributed by atoms with Crippen molar-refractivity contribution in [2.75, 3.05) is 6.61 Å². The zero-order valence-corrected chi connectivity index (χ0v) is 23.4. The average molecular weight is 568 g/mol. The Morgan fingerprint density at radius 3 is 2.08 bits per heavy atom. The van der Waals surface area contributed by atoms with Gasteiger partial charge in [-0.05, 0) is 54.3 Å². The quantitative estimate of drug-likeness (QED) is 0.293. The lowest BCUT2D eigenvalue weighted by atomic mass is 9.99. The van der Waals surface area contributed by atoms with Crippen LogP contribution < -0.4 is 0 Å². The molecule has 2 fully saturated rings. The van der Waals surface area contributed by atoms with Crippen molar-refractivity contribution in [3.05, 3.63) is 0 Å². The van der Waals surface area contributed by atoms with Gasteiger partial charge in [-0.2, -0.15) is 18.0 Å². The van der Waals surface area contributed by atoms with Gasteiger partial charge in [-0.1, -0.05) is 0 Å². The molecule has 11 nitrogen and oxygen atoms in total. The second-order valence-corrected chi connectivity index (χ2v) is 17.5. The van der Waals surface area contributed by atoms with E-state index in [1.807, 2.05) is 19.6 Å². The molecule has 0 aromatic carbocycles. The molecule has 2 aliphatic heterocycles. The highest BCUT2D eigenvalue weighted by Crippen LogP contribution is 2.42. The van der Waals surface area contributed by atoms with Crippen molar-refractivity contribution < 1.29 is 64.3 Å². The minimum Gasteiger partial charge on any atom is -0.741 e. The van der Waals surface area contributed by atoms with Crippen molar-refractivity contribution in [2.24, 2.45) is 0 Å². The molecule has 212 valence electrons. The van der Waals surface area contributed by atoms with Gasteiger partial charge in [0.05, 0.1) is 13.0 Å². The predicted octanol–water partition coefficient (Wildman–Crippen LogP) is 2.19. The number of aliphatic hydroxyl groups is 2. The molecule has 36 heavy (non-hydrogen) atoms. The number of aliphatic hydroxyl groups excluding tert-OH is 2. The van der Waals surface area contributed by atoms with E-state index in [2.05, 4.69) is 0 Å². The number of carbonyl (C=O) groups excluding carboxylic acids is 2. The van der Waals surface area contributed by atoms with E-state index in [1.165, 1.54) is 0 Å². The van der Waals surface area contributed by atoms with Crippen LogP contribution in [0.25, 0.3) is 0 Å². The first-order valence-corrected chi connectivity index (χ1v) is 16.0. The highest BCUT2D eigenvalue weighted by atomic mass is 32.2. The number of alkyl halides is 3. The number of nitrogens with zero attached hydrogens (tertiary/aromatic N) is 1. The molecule has 0 bridgehead atoms. The highest BCUT2D eigenvalue weighted by molar-refractivity contribution is 7.86. The van der Waals surface area contributed by atoms with Gasteiger partial charge >= 0.3 is 17.5 Å². The second kappa shape index (κ2) is 10.6. The van der Waals surface area contributed by atoms with Crippen LogP contribution in [0.3, 0.4) is 0 Å². The Bertz CT molecular complexity index is 929. The summed E-state index contributed by atoms with van der Waals surface area (Å²) in [6.07, 6.45) is -2.81. The van der Waals surface area contributed by atoms with E-state index in [0.29, 0.717) is 6.42 Å². The van der Waals surface area contributed by atoms with Crippen molar-refractivity contribution in [3.8, 4) is 0 Å². The highest BCUT2D eigenvalue weighted by Gasteiger charge is 2.68. The molecule has 0 aromatic rings. The molecule has 2 saturated heterocycles. The first kappa shape index (κ1) is 32.9. The first-order valence-electron chi connectivity index (χ1n) is 11.1. The van der Waals surface area contributed by atoms with Crippen LogP contribution in [0.5, 0.6) is 0 Å². The third-order valence-electron chi connectivity index (χ3n) is 5.70. The van der Waals surface area contributed by atoms with Crippen LogP contribution in [0.2, 0.25) is 19.6 Å². The van der Waals surface area contributed by atoms with E-state index in [0.717, 1.165) is 0 Å². The number of imide groups is 1. The van der Waals surface area contributed by atoms with Gasteiger partial charge in [-0.15, -0.1) is 0 Å². The van der Waals surface area contributed by atoms with Crippen molar-refractivity contribution in [1.82, 2.24) is 0 Å². The van der Waals surface area contributed by atoms with Gasteiger partial charge in [0.2, 0.25) is 0 Å². The van der Waals surface area contributed by atoms with Gasteiger partial charge in [0, 0.05) is 6.42 Å². The second-order valence-electron chi connectivity index (χ2n) is 11.1. The molecular weight excluding hydrogens is 531 g/mol. The Morgan fingerprint density at radius 1 is 1.25 bits per heavy atom. The van der Waals surface area contributed by atoms with Crippen LogP contribution in [0.1, 0.15) is 47.5 Å². The topological polar surface area (TPSA) is 159 Å². The molecule has 2 aliphatic rings. The maximum absolute atomic E-state index is 13.4. The Morgan fingerprint density at radius 2 is 1.72 bits per heavy atom. The third-order valence-corrected chi connectivity index (χ3v) is 9.15. The van der Waals surface area contributed by atoms with Crippen LogP contribution in [0.15, 0.2) is 0 Å². The van der Waals surface area contributed by atoms with E-state index in [1.54, 1.807) is 34.6 Å². The molecule has 16 heteroatoms. The van der Waals surface area contributed by atoms with Gasteiger partial charge in [0.1, 0.15) is 30.0 Å². The summed E-state index contributed by atoms with van der Waals surface area (Å²) < 4.78 is 75.6. The molecular formula is C20H36F3NO10SSi. The monoisotopic (exact) mass is 567 g/mol. The number of likely N-dealkylation sites (tertiary alicyclic amines) is 1. The van der Waals surface area contributed by atoms with Crippen molar-refractivity contribution in [1.29, 1.82) is 0 Å². The fourth-order valence-electron chi connectivity index (χ4n) is 4.46. The van der Waals surface area contributed by atoms with Gasteiger partial charge in [0.15, 0.2) is 15.9 Å². The summed E-state index contributed by atoms with van der Waals surface area (Å²) in [5.41, 5.74) is -6.41. The Balaban J connectivity index is 0.000000697. The minimum absolute atomic E-state index is 0.187.